The third-order valence-electron chi connectivity index (χ3n) is 6.15. The number of nitrogens with zero attached hydrogens (tertiary/aromatic N) is 2. The summed E-state index contributed by atoms with van der Waals surface area (Å²) in [7, 11) is 0. The molecule has 1 fully saturated rings. The summed E-state index contributed by atoms with van der Waals surface area (Å²) in [6, 6.07) is 2.50. The predicted octanol–water partition coefficient (Wildman–Crippen LogP) is 4.50. The number of rotatable bonds is 1. The Bertz CT molecular complexity index is 890. The Balaban J connectivity index is 1.61. The molecule has 0 N–H and O–H groups in total. The van der Waals surface area contributed by atoms with E-state index in [1.807, 2.05) is 6.20 Å². The second kappa shape index (κ2) is 6.52. The number of ether oxygens (including phenoxy) is 2. The van der Waals surface area contributed by atoms with Crippen LogP contribution in [0.1, 0.15) is 65.4 Å². The largest absolute Gasteiger partial charge is 0.417 e. The van der Waals surface area contributed by atoms with Gasteiger partial charge in [0.05, 0.1) is 16.9 Å². The molecule has 0 bridgehead atoms. The molecule has 148 valence electrons. The van der Waals surface area contributed by atoms with Crippen LogP contribution in [0.4, 0.5) is 13.2 Å². The molecule has 5 rings (SSSR count). The molecule has 1 unspecified atom stereocenters. The molecule has 3 aliphatic rings. The van der Waals surface area contributed by atoms with E-state index in [0.29, 0.717) is 18.9 Å². The van der Waals surface area contributed by atoms with Crippen LogP contribution >= 0.6 is 0 Å². The number of pyridine rings is 2. The summed E-state index contributed by atoms with van der Waals surface area (Å²) in [5.41, 5.74) is 3.86. The third-order valence-corrected chi connectivity index (χ3v) is 6.15. The lowest BCUT2D eigenvalue weighted by atomic mass is 9.79. The van der Waals surface area contributed by atoms with E-state index in [2.05, 4.69) is 9.97 Å². The smallest absolute Gasteiger partial charge is 0.381 e. The van der Waals surface area contributed by atoms with Crippen molar-refractivity contribution in [2.75, 3.05) is 13.2 Å². The molecule has 0 saturated carbocycles. The maximum absolute atomic E-state index is 12.9. The van der Waals surface area contributed by atoms with Gasteiger partial charge in [-0.25, -0.2) is 0 Å². The fraction of sp³-hybridized carbons (Fsp3) is 0.524. The minimum Gasteiger partial charge on any atom is -0.381 e. The standard InChI is InChI=1S/C21H21F3N2O2/c22-21(23,24)13-5-6-17(25-11-13)19-15-12-26-16-4-2-1-3-14(16)18(15)20(28-19)7-9-27-10-8-20/h5-6,11-12,19H,1-4,7-10H2. The van der Waals surface area contributed by atoms with Crippen LogP contribution in [0.25, 0.3) is 0 Å². The molecule has 4 nitrogen and oxygen atoms in total. The number of halogens is 3. The van der Waals surface area contributed by atoms with Gasteiger partial charge in [0.2, 0.25) is 0 Å². The summed E-state index contributed by atoms with van der Waals surface area (Å²) >= 11 is 0. The molecule has 1 aliphatic carbocycles. The van der Waals surface area contributed by atoms with Gasteiger partial charge in [-0.3, -0.25) is 9.97 Å². The average molecular weight is 390 g/mol. The van der Waals surface area contributed by atoms with Crippen LogP contribution in [0, 0.1) is 0 Å². The molecule has 2 aromatic rings. The molecule has 28 heavy (non-hydrogen) atoms. The Morgan fingerprint density at radius 3 is 2.50 bits per heavy atom. The highest BCUT2D eigenvalue weighted by molar-refractivity contribution is 5.48. The Hall–Kier alpha value is -1.99. The van der Waals surface area contributed by atoms with Crippen LogP contribution in [-0.2, 0) is 34.1 Å². The number of hydrogen-bond donors (Lipinski definition) is 0. The van der Waals surface area contributed by atoms with Crippen molar-refractivity contribution in [3.63, 3.8) is 0 Å². The summed E-state index contributed by atoms with van der Waals surface area (Å²) in [6.45, 7) is 1.23. The Labute approximate surface area is 161 Å². The van der Waals surface area contributed by atoms with Crippen molar-refractivity contribution >= 4 is 0 Å². The highest BCUT2D eigenvalue weighted by Crippen LogP contribution is 2.53. The van der Waals surface area contributed by atoms with Gasteiger partial charge in [-0.15, -0.1) is 0 Å². The minimum atomic E-state index is -4.40. The zero-order valence-electron chi connectivity index (χ0n) is 15.4. The van der Waals surface area contributed by atoms with Crippen LogP contribution in [0.3, 0.4) is 0 Å². The second-order valence-electron chi connectivity index (χ2n) is 7.79. The van der Waals surface area contributed by atoms with Crippen LogP contribution in [0.15, 0.2) is 24.5 Å². The second-order valence-corrected chi connectivity index (χ2v) is 7.79. The van der Waals surface area contributed by atoms with Gasteiger partial charge in [-0.05, 0) is 48.9 Å². The molecule has 1 atom stereocenters. The lowest BCUT2D eigenvalue weighted by molar-refractivity contribution is -0.138. The molecular weight excluding hydrogens is 369 g/mol. The van der Waals surface area contributed by atoms with Crippen molar-refractivity contribution in [1.29, 1.82) is 0 Å². The van der Waals surface area contributed by atoms with Crippen molar-refractivity contribution in [2.45, 2.75) is 56.4 Å². The maximum atomic E-state index is 12.9. The van der Waals surface area contributed by atoms with Gasteiger partial charge in [-0.1, -0.05) is 0 Å². The molecule has 2 aromatic heterocycles. The highest BCUT2D eigenvalue weighted by atomic mass is 19.4. The first-order chi connectivity index (χ1) is 13.5. The minimum absolute atomic E-state index is 0.451. The van der Waals surface area contributed by atoms with E-state index in [4.69, 9.17) is 9.47 Å². The quantitative estimate of drug-likeness (QED) is 0.719. The number of fused-ring (bicyclic) bond motifs is 4. The lowest BCUT2D eigenvalue weighted by Gasteiger charge is -2.36. The van der Waals surface area contributed by atoms with E-state index < -0.39 is 23.4 Å². The van der Waals surface area contributed by atoms with E-state index in [9.17, 15) is 13.2 Å². The van der Waals surface area contributed by atoms with Gasteiger partial charge in [0.25, 0.3) is 0 Å². The third kappa shape index (κ3) is 2.83. The normalized spacial score (nSPS) is 23.5. The van der Waals surface area contributed by atoms with E-state index in [1.165, 1.54) is 17.2 Å². The zero-order chi connectivity index (χ0) is 19.4. The first kappa shape index (κ1) is 18.1. The number of alkyl halides is 3. The van der Waals surface area contributed by atoms with Crippen molar-refractivity contribution in [3.05, 3.63) is 58.2 Å². The lowest BCUT2D eigenvalue weighted by Crippen LogP contribution is -2.35. The fourth-order valence-electron chi connectivity index (χ4n) is 4.79. The molecule has 0 amide bonds. The number of hydrogen-bond acceptors (Lipinski definition) is 4. The maximum Gasteiger partial charge on any atom is 0.417 e. The molecule has 2 aliphatic heterocycles. The number of aromatic nitrogens is 2. The van der Waals surface area contributed by atoms with Gasteiger partial charge >= 0.3 is 6.18 Å². The van der Waals surface area contributed by atoms with E-state index >= 15 is 0 Å². The van der Waals surface area contributed by atoms with E-state index in [-0.39, 0.29) is 0 Å². The van der Waals surface area contributed by atoms with Crippen molar-refractivity contribution in [3.8, 4) is 0 Å². The first-order valence-corrected chi connectivity index (χ1v) is 9.78. The SMILES string of the molecule is FC(F)(F)c1ccc(C2OC3(CCOCC3)c3c2cnc2c3CCCC2)nc1. The number of aryl methyl sites for hydroxylation is 1. The van der Waals surface area contributed by atoms with Gasteiger partial charge in [0.1, 0.15) is 6.10 Å². The molecule has 0 radical (unpaired) electrons. The summed E-state index contributed by atoms with van der Waals surface area (Å²) in [5.74, 6) is 0. The Morgan fingerprint density at radius 2 is 1.79 bits per heavy atom. The summed E-state index contributed by atoms with van der Waals surface area (Å²) in [5, 5.41) is 0. The molecule has 4 heterocycles. The van der Waals surface area contributed by atoms with Gasteiger partial charge in [0.15, 0.2) is 0 Å². The molecule has 1 spiro atoms. The van der Waals surface area contributed by atoms with Crippen molar-refractivity contribution < 1.29 is 22.6 Å². The molecule has 0 aromatic carbocycles. The van der Waals surface area contributed by atoms with E-state index in [1.54, 1.807) is 0 Å². The van der Waals surface area contributed by atoms with Gasteiger partial charge in [-0.2, -0.15) is 13.2 Å². The monoisotopic (exact) mass is 390 g/mol. The summed E-state index contributed by atoms with van der Waals surface area (Å²) in [6.07, 6.45) is 3.55. The van der Waals surface area contributed by atoms with Crippen LogP contribution in [0.2, 0.25) is 0 Å². The van der Waals surface area contributed by atoms with Gasteiger partial charge < -0.3 is 9.47 Å². The van der Waals surface area contributed by atoms with Crippen molar-refractivity contribution in [1.82, 2.24) is 9.97 Å². The summed E-state index contributed by atoms with van der Waals surface area (Å²) < 4.78 is 50.9. The molecular formula is C21H21F3N2O2. The van der Waals surface area contributed by atoms with Gasteiger partial charge in [0, 0.05) is 49.7 Å². The Morgan fingerprint density at radius 1 is 1.00 bits per heavy atom. The Kier molecular flexibility index (Phi) is 4.21. The van der Waals surface area contributed by atoms with Crippen LogP contribution < -0.4 is 0 Å². The van der Waals surface area contributed by atoms with Crippen molar-refractivity contribution in [2.24, 2.45) is 0 Å². The topological polar surface area (TPSA) is 44.2 Å². The zero-order valence-corrected chi connectivity index (χ0v) is 15.4. The van der Waals surface area contributed by atoms with E-state index in [0.717, 1.165) is 62.0 Å². The molecule has 1 saturated heterocycles. The fourth-order valence-corrected chi connectivity index (χ4v) is 4.79. The van der Waals surface area contributed by atoms with Crippen LogP contribution in [0.5, 0.6) is 0 Å². The highest BCUT2D eigenvalue weighted by Gasteiger charge is 2.49. The predicted molar refractivity (Wildman–Crippen MR) is 94.8 cm³/mol. The average Bonchev–Trinajstić information content (AvgIpc) is 3.02. The molecule has 7 heteroatoms. The van der Waals surface area contributed by atoms with Crippen LogP contribution in [-0.4, -0.2) is 23.2 Å². The first-order valence-electron chi connectivity index (χ1n) is 9.78. The summed E-state index contributed by atoms with van der Waals surface area (Å²) in [4.78, 5) is 8.79.